The Morgan fingerprint density at radius 3 is 2.81 bits per heavy atom. The molecule has 0 radical (unpaired) electrons. The van der Waals surface area contributed by atoms with Crippen molar-refractivity contribution in [3.63, 3.8) is 0 Å². The molecule has 0 saturated carbocycles. The molecule has 1 aromatic carbocycles. The van der Waals surface area contributed by atoms with Gasteiger partial charge in [-0.1, -0.05) is 35.9 Å². The largest absolute Gasteiger partial charge is 0.357 e. The maximum atomic E-state index is 4.63. The van der Waals surface area contributed by atoms with Gasteiger partial charge in [-0.2, -0.15) is 0 Å². The number of nitrogens with zero attached hydrogens (tertiary/aromatic N) is 4. The molecular weight excluding hydrogens is 439 g/mol. The van der Waals surface area contributed by atoms with E-state index in [0.717, 1.165) is 36.9 Å². The highest BCUT2D eigenvalue weighted by Gasteiger charge is 2.04. The third kappa shape index (κ3) is 5.42. The van der Waals surface area contributed by atoms with Gasteiger partial charge in [-0.15, -0.1) is 34.2 Å². The number of aromatic nitrogens is 3. The smallest absolute Gasteiger partial charge is 0.191 e. The number of pyridine rings is 1. The van der Waals surface area contributed by atoms with Gasteiger partial charge in [0.2, 0.25) is 0 Å². The number of benzene rings is 1. The summed E-state index contributed by atoms with van der Waals surface area (Å²) in [5.41, 5.74) is 3.45. The van der Waals surface area contributed by atoms with E-state index in [1.807, 2.05) is 28.8 Å². The second kappa shape index (κ2) is 10.1. The number of nitrogens with one attached hydrogen (secondary N) is 2. The minimum atomic E-state index is 0. The Balaban J connectivity index is 0.00000243. The zero-order chi connectivity index (χ0) is 17.5. The van der Waals surface area contributed by atoms with Crippen LogP contribution in [0.25, 0.3) is 5.65 Å². The maximum absolute atomic E-state index is 4.63. The standard InChI is InChI=1S/C19H24N6.HI/c1-3-20-19(21-11-10-16-8-6-7-15(2)13-16)22-14-18-24-23-17-9-4-5-12-25(17)18;/h4-9,12-13H,3,10-11,14H2,1-2H3,(H2,20,21,22);1H. The van der Waals surface area contributed by atoms with E-state index in [1.54, 1.807) is 0 Å². The first-order valence-electron chi connectivity index (χ1n) is 8.62. The number of rotatable bonds is 6. The first-order valence-corrected chi connectivity index (χ1v) is 8.62. The minimum absolute atomic E-state index is 0. The molecule has 2 heterocycles. The highest BCUT2D eigenvalue weighted by atomic mass is 127. The van der Waals surface area contributed by atoms with Crippen LogP contribution >= 0.6 is 24.0 Å². The van der Waals surface area contributed by atoms with Crippen molar-refractivity contribution in [2.24, 2.45) is 4.99 Å². The average Bonchev–Trinajstić information content (AvgIpc) is 3.03. The number of fused-ring (bicyclic) bond motifs is 1. The second-order valence-corrected chi connectivity index (χ2v) is 5.91. The zero-order valence-corrected chi connectivity index (χ0v) is 17.5. The summed E-state index contributed by atoms with van der Waals surface area (Å²) >= 11 is 0. The molecule has 0 aliphatic heterocycles. The molecule has 7 heteroatoms. The van der Waals surface area contributed by atoms with Crippen LogP contribution in [-0.4, -0.2) is 33.6 Å². The highest BCUT2D eigenvalue weighted by Crippen LogP contribution is 2.05. The van der Waals surface area contributed by atoms with Gasteiger partial charge < -0.3 is 10.6 Å². The third-order valence-corrected chi connectivity index (χ3v) is 3.90. The van der Waals surface area contributed by atoms with Crippen molar-refractivity contribution in [1.29, 1.82) is 0 Å². The predicted molar refractivity (Wildman–Crippen MR) is 116 cm³/mol. The third-order valence-electron chi connectivity index (χ3n) is 3.90. The average molecular weight is 464 g/mol. The van der Waals surface area contributed by atoms with E-state index in [-0.39, 0.29) is 24.0 Å². The second-order valence-electron chi connectivity index (χ2n) is 5.91. The van der Waals surface area contributed by atoms with E-state index >= 15 is 0 Å². The van der Waals surface area contributed by atoms with E-state index in [1.165, 1.54) is 11.1 Å². The summed E-state index contributed by atoms with van der Waals surface area (Å²) in [7, 11) is 0. The summed E-state index contributed by atoms with van der Waals surface area (Å²) in [6, 6.07) is 14.4. The maximum Gasteiger partial charge on any atom is 0.191 e. The molecule has 138 valence electrons. The van der Waals surface area contributed by atoms with Crippen molar-refractivity contribution in [2.75, 3.05) is 13.1 Å². The van der Waals surface area contributed by atoms with Crippen molar-refractivity contribution in [3.05, 3.63) is 65.6 Å². The Morgan fingerprint density at radius 2 is 2.00 bits per heavy atom. The quantitative estimate of drug-likeness (QED) is 0.335. The van der Waals surface area contributed by atoms with Crippen LogP contribution in [0, 0.1) is 6.92 Å². The van der Waals surface area contributed by atoms with Gasteiger partial charge in [0.05, 0.1) is 0 Å². The van der Waals surface area contributed by atoms with Crippen LogP contribution in [0.3, 0.4) is 0 Å². The van der Waals surface area contributed by atoms with Crippen LogP contribution in [0.4, 0.5) is 0 Å². The van der Waals surface area contributed by atoms with Crippen molar-refractivity contribution >= 4 is 35.6 Å². The Labute approximate surface area is 171 Å². The lowest BCUT2D eigenvalue weighted by molar-refractivity contribution is 0.787. The van der Waals surface area contributed by atoms with Crippen molar-refractivity contribution in [1.82, 2.24) is 25.2 Å². The van der Waals surface area contributed by atoms with E-state index in [4.69, 9.17) is 0 Å². The van der Waals surface area contributed by atoms with Gasteiger partial charge in [0, 0.05) is 19.3 Å². The first kappa shape index (κ1) is 20.2. The van der Waals surface area contributed by atoms with Crippen molar-refractivity contribution in [2.45, 2.75) is 26.8 Å². The number of aliphatic imine (C=N–C) groups is 1. The zero-order valence-electron chi connectivity index (χ0n) is 15.1. The van der Waals surface area contributed by atoms with E-state index < -0.39 is 0 Å². The molecule has 0 aliphatic rings. The Bertz CT molecular complexity index is 858. The molecule has 2 aromatic heterocycles. The highest BCUT2D eigenvalue weighted by molar-refractivity contribution is 14.0. The van der Waals surface area contributed by atoms with Crippen LogP contribution in [0.2, 0.25) is 0 Å². The number of halogens is 1. The molecule has 26 heavy (non-hydrogen) atoms. The normalized spacial score (nSPS) is 11.2. The first-order chi connectivity index (χ1) is 12.3. The topological polar surface area (TPSA) is 66.6 Å². The van der Waals surface area contributed by atoms with Gasteiger partial charge in [-0.05, 0) is 38.0 Å². The number of hydrogen-bond donors (Lipinski definition) is 2. The molecule has 2 N–H and O–H groups in total. The summed E-state index contributed by atoms with van der Waals surface area (Å²) in [5.74, 6) is 1.62. The fourth-order valence-corrected chi connectivity index (χ4v) is 2.68. The molecule has 3 aromatic rings. The molecule has 0 amide bonds. The van der Waals surface area contributed by atoms with Gasteiger partial charge in [-0.25, -0.2) is 4.99 Å². The van der Waals surface area contributed by atoms with Crippen molar-refractivity contribution in [3.8, 4) is 0 Å². The summed E-state index contributed by atoms with van der Waals surface area (Å²) < 4.78 is 1.96. The van der Waals surface area contributed by atoms with Crippen molar-refractivity contribution < 1.29 is 0 Å². The summed E-state index contributed by atoms with van der Waals surface area (Å²) in [4.78, 5) is 4.63. The van der Waals surface area contributed by atoms with Gasteiger partial charge in [-0.3, -0.25) is 4.40 Å². The lowest BCUT2D eigenvalue weighted by atomic mass is 10.1. The molecule has 6 nitrogen and oxygen atoms in total. The molecule has 0 unspecified atom stereocenters. The molecule has 0 aliphatic carbocycles. The molecular formula is C19H25IN6. The Hall–Kier alpha value is -2.16. The Morgan fingerprint density at radius 1 is 1.12 bits per heavy atom. The van der Waals surface area contributed by atoms with Gasteiger partial charge in [0.1, 0.15) is 6.54 Å². The lowest BCUT2D eigenvalue weighted by Crippen LogP contribution is -2.38. The van der Waals surface area contributed by atoms with Gasteiger partial charge in [0.25, 0.3) is 0 Å². The van der Waals surface area contributed by atoms with E-state index in [2.05, 4.69) is 63.9 Å². The predicted octanol–water partition coefficient (Wildman–Crippen LogP) is 2.95. The summed E-state index contributed by atoms with van der Waals surface area (Å²) in [5, 5.41) is 15.0. The summed E-state index contributed by atoms with van der Waals surface area (Å²) in [6.45, 7) is 6.30. The molecule has 0 saturated heterocycles. The molecule has 0 bridgehead atoms. The number of guanidine groups is 1. The fourth-order valence-electron chi connectivity index (χ4n) is 2.68. The molecule has 0 atom stereocenters. The summed E-state index contributed by atoms with van der Waals surface area (Å²) in [6.07, 6.45) is 2.91. The molecule has 0 fully saturated rings. The number of aryl methyl sites for hydroxylation is 1. The van der Waals surface area contributed by atoms with E-state index in [9.17, 15) is 0 Å². The lowest BCUT2D eigenvalue weighted by Gasteiger charge is -2.11. The van der Waals surface area contributed by atoms with Crippen LogP contribution < -0.4 is 10.6 Å². The van der Waals surface area contributed by atoms with E-state index in [0.29, 0.717) is 6.54 Å². The molecule has 0 spiro atoms. The van der Waals surface area contributed by atoms with Crippen LogP contribution in [0.15, 0.2) is 53.7 Å². The SMILES string of the molecule is CCNC(=NCc1nnc2ccccn12)NCCc1cccc(C)c1.I. The Kier molecular flexibility index (Phi) is 7.83. The fraction of sp³-hybridized carbons (Fsp3) is 0.316. The number of hydrogen-bond acceptors (Lipinski definition) is 3. The van der Waals surface area contributed by atoms with Crippen LogP contribution in [-0.2, 0) is 13.0 Å². The van der Waals surface area contributed by atoms with Crippen LogP contribution in [0.1, 0.15) is 23.9 Å². The molecule has 3 rings (SSSR count). The monoisotopic (exact) mass is 464 g/mol. The van der Waals surface area contributed by atoms with Gasteiger partial charge in [0.15, 0.2) is 17.4 Å². The van der Waals surface area contributed by atoms with Gasteiger partial charge >= 0.3 is 0 Å². The van der Waals surface area contributed by atoms with Crippen LogP contribution in [0.5, 0.6) is 0 Å². The minimum Gasteiger partial charge on any atom is -0.357 e.